The fourth-order valence-corrected chi connectivity index (χ4v) is 5.57. The molecule has 0 saturated heterocycles. The van der Waals surface area contributed by atoms with Gasteiger partial charge in [-0.3, -0.25) is 4.79 Å². The normalized spacial score (nSPS) is 17.6. The summed E-state index contributed by atoms with van der Waals surface area (Å²) in [5, 5.41) is 13.2. The summed E-state index contributed by atoms with van der Waals surface area (Å²) >= 11 is 0. The highest BCUT2D eigenvalue weighted by Gasteiger charge is 2.49. The second-order valence-electron chi connectivity index (χ2n) is 10.0. The van der Waals surface area contributed by atoms with E-state index in [1.54, 1.807) is 6.20 Å². The van der Waals surface area contributed by atoms with E-state index in [2.05, 4.69) is 31.0 Å². The summed E-state index contributed by atoms with van der Waals surface area (Å²) in [4.78, 5) is 22.9. The van der Waals surface area contributed by atoms with E-state index < -0.39 is 16.5 Å². The number of carbonyl (C=O) groups is 1. The molecule has 5 N–H and O–H groups in total. The Morgan fingerprint density at radius 2 is 1.80 bits per heavy atom. The van der Waals surface area contributed by atoms with Crippen molar-refractivity contribution in [1.82, 2.24) is 20.0 Å². The smallest absolute Gasteiger partial charge is 0.245 e. The summed E-state index contributed by atoms with van der Waals surface area (Å²) in [5.41, 5.74) is 4.02. The van der Waals surface area contributed by atoms with Crippen LogP contribution in [0.1, 0.15) is 24.8 Å². The first-order valence-corrected chi connectivity index (χ1v) is 14.6. The van der Waals surface area contributed by atoms with Crippen LogP contribution in [-0.4, -0.2) is 38.7 Å². The average molecular weight is 554 g/mol. The molecule has 1 fully saturated rings. The number of hydrogen-bond donors (Lipinski definition) is 5. The Kier molecular flexibility index (Phi) is 7.43. The number of hydrogen-bond acceptors (Lipinski definition) is 7. The van der Waals surface area contributed by atoms with Crippen molar-refractivity contribution in [2.75, 3.05) is 29.0 Å². The molecule has 1 atom stereocenters. The number of nitrogens with zero attached hydrogens (tertiary/aromatic N) is 2. The first kappa shape index (κ1) is 26.0. The fraction of sp³-hybridized carbons (Fsp3) is 0.233. The molecule has 0 spiro atoms. The molecule has 1 unspecified atom stereocenters. The number of amides is 1. The van der Waals surface area contributed by atoms with Crippen molar-refractivity contribution in [3.05, 3.63) is 90.6 Å². The molecule has 9 nitrogen and oxygen atoms in total. The number of rotatable bonds is 6. The van der Waals surface area contributed by atoms with Crippen LogP contribution in [-0.2, 0) is 22.3 Å². The molecule has 3 aromatic carbocycles. The molecule has 1 aliphatic carbocycles. The Hall–Kier alpha value is -4.28. The minimum absolute atomic E-state index is 0.0243. The van der Waals surface area contributed by atoms with Crippen LogP contribution in [0.25, 0.3) is 11.1 Å². The fourth-order valence-electron chi connectivity index (χ4n) is 4.64. The summed E-state index contributed by atoms with van der Waals surface area (Å²) in [6.45, 7) is 1.78. The molecule has 6 rings (SSSR count). The Bertz CT molecular complexity index is 1530. The molecule has 4 aromatic rings. The molecule has 204 valence electrons. The lowest BCUT2D eigenvalue weighted by molar-refractivity contribution is -0.122. The van der Waals surface area contributed by atoms with Crippen molar-refractivity contribution in [2.45, 2.75) is 36.2 Å². The third kappa shape index (κ3) is 5.98. The topological polar surface area (TPSA) is 120 Å². The Morgan fingerprint density at radius 3 is 2.60 bits per heavy atom. The molecule has 2 aliphatic rings. The summed E-state index contributed by atoms with van der Waals surface area (Å²) in [6, 6.07) is 25.4. The number of benzene rings is 3. The van der Waals surface area contributed by atoms with Crippen LogP contribution in [0.3, 0.4) is 0 Å². The Morgan fingerprint density at radius 1 is 0.975 bits per heavy atom. The maximum atomic E-state index is 12.9. The molecule has 1 aromatic heterocycles. The van der Waals surface area contributed by atoms with E-state index in [4.69, 9.17) is 4.98 Å². The van der Waals surface area contributed by atoms with E-state index in [1.165, 1.54) is 0 Å². The zero-order valence-electron chi connectivity index (χ0n) is 21.9. The van der Waals surface area contributed by atoms with Gasteiger partial charge in [0.1, 0.15) is 22.3 Å². The molecule has 0 radical (unpaired) electrons. The van der Waals surface area contributed by atoms with Gasteiger partial charge in [-0.25, -0.2) is 13.9 Å². The molecule has 1 amide bonds. The minimum atomic E-state index is -1.28. The quantitative estimate of drug-likeness (QED) is 0.237. The summed E-state index contributed by atoms with van der Waals surface area (Å²) in [7, 11) is -1.28. The minimum Gasteiger partial charge on any atom is -0.371 e. The number of fused-ring (bicyclic) bond motifs is 4. The van der Waals surface area contributed by atoms with Gasteiger partial charge >= 0.3 is 0 Å². The predicted molar refractivity (Wildman–Crippen MR) is 159 cm³/mol. The standard InChI is InChI=1S/C30H31N7O2S/c38-28(32-19-21-6-2-1-3-7-21)30(14-15-30)37-23-12-10-22(11-13-23)26-20-33-29-35-24-8-4-9-25(18-24)40(39)34-17-5-16-31-27(26)36-29/h1-4,6-13,18,20,34,37H,5,14-17,19H2,(H,32,38)(H2,31,33,35,36). The highest BCUT2D eigenvalue weighted by atomic mass is 32.2. The van der Waals surface area contributed by atoms with E-state index in [0.717, 1.165) is 47.3 Å². The lowest BCUT2D eigenvalue weighted by atomic mass is 10.1. The SMILES string of the molecule is O=C(NCc1ccccc1)C1(Nc2ccc(-c3cnc4nc3NCCCNS(=O)c3cccc(c3)N4)cc2)CC1. The van der Waals surface area contributed by atoms with Crippen LogP contribution in [0.4, 0.5) is 23.1 Å². The van der Waals surface area contributed by atoms with Crippen LogP contribution in [0.2, 0.25) is 0 Å². The lowest BCUT2D eigenvalue weighted by Crippen LogP contribution is -2.41. The first-order valence-electron chi connectivity index (χ1n) is 13.4. The van der Waals surface area contributed by atoms with Crippen molar-refractivity contribution in [1.29, 1.82) is 0 Å². The van der Waals surface area contributed by atoms with E-state index in [-0.39, 0.29) is 5.91 Å². The third-order valence-electron chi connectivity index (χ3n) is 7.03. The van der Waals surface area contributed by atoms with Gasteiger partial charge in [-0.15, -0.1) is 0 Å². The second-order valence-corrected chi connectivity index (χ2v) is 11.3. The van der Waals surface area contributed by atoms with Crippen molar-refractivity contribution < 1.29 is 9.00 Å². The summed E-state index contributed by atoms with van der Waals surface area (Å²) < 4.78 is 15.6. The van der Waals surface area contributed by atoms with E-state index in [9.17, 15) is 9.00 Å². The molecule has 1 saturated carbocycles. The van der Waals surface area contributed by atoms with Gasteiger partial charge in [0.25, 0.3) is 0 Å². The van der Waals surface area contributed by atoms with Gasteiger partial charge in [0, 0.05) is 42.8 Å². The molecular weight excluding hydrogens is 522 g/mol. The maximum Gasteiger partial charge on any atom is 0.245 e. The third-order valence-corrected chi connectivity index (χ3v) is 8.18. The van der Waals surface area contributed by atoms with Crippen LogP contribution in [0, 0.1) is 0 Å². The van der Waals surface area contributed by atoms with Crippen molar-refractivity contribution in [2.24, 2.45) is 0 Å². The second kappa shape index (κ2) is 11.4. The molecule has 4 bridgehead atoms. The van der Waals surface area contributed by atoms with Crippen molar-refractivity contribution >= 4 is 40.0 Å². The van der Waals surface area contributed by atoms with Gasteiger partial charge in [-0.1, -0.05) is 48.5 Å². The zero-order chi connectivity index (χ0) is 27.4. The predicted octanol–water partition coefficient (Wildman–Crippen LogP) is 4.58. The lowest BCUT2D eigenvalue weighted by Gasteiger charge is -2.19. The zero-order valence-corrected chi connectivity index (χ0v) is 22.8. The molecule has 10 heteroatoms. The monoisotopic (exact) mass is 553 g/mol. The van der Waals surface area contributed by atoms with E-state index >= 15 is 0 Å². The van der Waals surface area contributed by atoms with Gasteiger partial charge in [0.2, 0.25) is 11.9 Å². The number of anilines is 4. The van der Waals surface area contributed by atoms with Crippen molar-refractivity contribution in [3.8, 4) is 11.1 Å². The average Bonchev–Trinajstić information content (AvgIpc) is 3.77. The van der Waals surface area contributed by atoms with Crippen LogP contribution in [0.15, 0.2) is 90.0 Å². The number of aromatic nitrogens is 2. The van der Waals surface area contributed by atoms with Gasteiger partial charge in [-0.05, 0) is 60.7 Å². The number of carbonyl (C=O) groups excluding carboxylic acids is 1. The molecular formula is C30H31N7O2S. The molecule has 1 aliphatic heterocycles. The van der Waals surface area contributed by atoms with E-state index in [1.807, 2.05) is 78.9 Å². The van der Waals surface area contributed by atoms with Crippen molar-refractivity contribution in [3.63, 3.8) is 0 Å². The van der Waals surface area contributed by atoms with Gasteiger partial charge in [0.15, 0.2) is 0 Å². The molecule has 2 heterocycles. The highest BCUT2D eigenvalue weighted by molar-refractivity contribution is 7.83. The van der Waals surface area contributed by atoms with E-state index in [0.29, 0.717) is 36.3 Å². The summed E-state index contributed by atoms with van der Waals surface area (Å²) in [6.07, 6.45) is 4.18. The first-order chi connectivity index (χ1) is 19.6. The van der Waals surface area contributed by atoms with Crippen LogP contribution < -0.4 is 26.0 Å². The van der Waals surface area contributed by atoms with Crippen LogP contribution in [0.5, 0.6) is 0 Å². The molecule has 40 heavy (non-hydrogen) atoms. The van der Waals surface area contributed by atoms with Gasteiger partial charge in [0.05, 0.1) is 4.90 Å². The maximum absolute atomic E-state index is 12.9. The van der Waals surface area contributed by atoms with Gasteiger partial charge in [-0.2, -0.15) is 4.98 Å². The largest absolute Gasteiger partial charge is 0.371 e. The van der Waals surface area contributed by atoms with Gasteiger partial charge < -0.3 is 21.3 Å². The number of nitrogens with one attached hydrogen (secondary N) is 5. The Labute approximate surface area is 235 Å². The Balaban J connectivity index is 1.17. The highest BCUT2D eigenvalue weighted by Crippen LogP contribution is 2.40. The van der Waals surface area contributed by atoms with Crippen LogP contribution >= 0.6 is 0 Å². The summed E-state index contributed by atoms with van der Waals surface area (Å²) in [5.74, 6) is 1.20.